The van der Waals surface area contributed by atoms with Crippen molar-refractivity contribution in [1.82, 2.24) is 4.90 Å². The molecule has 0 aliphatic carbocycles. The monoisotopic (exact) mass is 389 g/mol. The molecule has 2 aliphatic heterocycles. The molecule has 2 aromatic carbocycles. The predicted octanol–water partition coefficient (Wildman–Crippen LogP) is 4.81. The Kier molecular flexibility index (Phi) is 4.75. The van der Waals surface area contributed by atoms with Gasteiger partial charge in [-0.3, -0.25) is 4.79 Å². The maximum atomic E-state index is 12.7. The van der Waals surface area contributed by atoms with E-state index in [1.165, 1.54) is 24.3 Å². The van der Waals surface area contributed by atoms with Crippen LogP contribution >= 0.6 is 0 Å². The lowest BCUT2D eigenvalue weighted by Crippen LogP contribution is -2.28. The van der Waals surface area contributed by atoms with Crippen LogP contribution in [0.1, 0.15) is 35.6 Å². The highest BCUT2D eigenvalue weighted by Gasteiger charge is 2.31. The Balaban J connectivity index is 1.47. The van der Waals surface area contributed by atoms with Gasteiger partial charge in [0, 0.05) is 12.6 Å². The van der Waals surface area contributed by atoms with Crippen molar-refractivity contribution < 1.29 is 27.4 Å². The molecule has 0 saturated carbocycles. The Morgan fingerprint density at radius 2 is 1.82 bits per heavy atom. The summed E-state index contributed by atoms with van der Waals surface area (Å²) in [6, 6.07) is 10.3. The van der Waals surface area contributed by atoms with Gasteiger partial charge in [-0.2, -0.15) is 13.2 Å². The van der Waals surface area contributed by atoms with Crippen LogP contribution in [0.15, 0.2) is 48.5 Å². The van der Waals surface area contributed by atoms with Crippen molar-refractivity contribution in [3.8, 4) is 11.5 Å². The second kappa shape index (κ2) is 7.22. The summed E-state index contributed by atoms with van der Waals surface area (Å²) in [7, 11) is 0. The standard InChI is InChI=1S/C21H18F3NO3/c22-21(23,24)16-7-3-14(4-8-16)5-10-20(26)25-11-1-2-17(25)15-6-9-18-19(12-15)28-13-27-18/h3-10,12,17H,1-2,11,13H2/b10-5+. The van der Waals surface area contributed by atoms with E-state index in [-0.39, 0.29) is 18.7 Å². The zero-order valence-electron chi connectivity index (χ0n) is 14.9. The number of ether oxygens (including phenoxy) is 2. The highest BCUT2D eigenvalue weighted by atomic mass is 19.4. The van der Waals surface area contributed by atoms with E-state index in [2.05, 4.69) is 0 Å². The number of fused-ring (bicyclic) bond motifs is 1. The van der Waals surface area contributed by atoms with Gasteiger partial charge in [0.1, 0.15) is 0 Å². The van der Waals surface area contributed by atoms with Crippen molar-refractivity contribution in [2.45, 2.75) is 25.1 Å². The molecule has 0 bridgehead atoms. The first-order valence-electron chi connectivity index (χ1n) is 8.97. The molecule has 7 heteroatoms. The fourth-order valence-electron chi connectivity index (χ4n) is 3.54. The Labute approximate surface area is 160 Å². The molecule has 4 nitrogen and oxygen atoms in total. The van der Waals surface area contributed by atoms with E-state index in [0.29, 0.717) is 23.6 Å². The molecule has 0 aromatic heterocycles. The van der Waals surface area contributed by atoms with E-state index in [0.717, 1.165) is 30.5 Å². The summed E-state index contributed by atoms with van der Waals surface area (Å²) >= 11 is 0. The third-order valence-electron chi connectivity index (χ3n) is 4.97. The first-order chi connectivity index (χ1) is 13.4. The van der Waals surface area contributed by atoms with Gasteiger partial charge in [0.25, 0.3) is 0 Å². The van der Waals surface area contributed by atoms with Crippen LogP contribution in [-0.2, 0) is 11.0 Å². The normalized spacial score (nSPS) is 18.8. The van der Waals surface area contributed by atoms with Gasteiger partial charge in [-0.15, -0.1) is 0 Å². The minimum atomic E-state index is -4.37. The molecular formula is C21H18F3NO3. The summed E-state index contributed by atoms with van der Waals surface area (Å²) in [5.74, 6) is 1.21. The number of alkyl halides is 3. The number of carbonyl (C=O) groups excluding carboxylic acids is 1. The van der Waals surface area contributed by atoms with Crippen LogP contribution in [0.25, 0.3) is 6.08 Å². The van der Waals surface area contributed by atoms with Crippen molar-refractivity contribution in [2.24, 2.45) is 0 Å². The number of benzene rings is 2. The number of halogens is 3. The Bertz CT molecular complexity index is 906. The van der Waals surface area contributed by atoms with Gasteiger partial charge in [-0.1, -0.05) is 18.2 Å². The first kappa shape index (κ1) is 18.4. The van der Waals surface area contributed by atoms with Crippen LogP contribution < -0.4 is 9.47 Å². The van der Waals surface area contributed by atoms with Crippen LogP contribution in [0.3, 0.4) is 0 Å². The van der Waals surface area contributed by atoms with Gasteiger partial charge in [-0.25, -0.2) is 0 Å². The minimum absolute atomic E-state index is 0.0562. The van der Waals surface area contributed by atoms with E-state index in [9.17, 15) is 18.0 Å². The average molecular weight is 389 g/mol. The maximum absolute atomic E-state index is 12.7. The molecule has 1 saturated heterocycles. The number of hydrogen-bond donors (Lipinski definition) is 0. The molecule has 1 amide bonds. The van der Waals surface area contributed by atoms with E-state index in [1.54, 1.807) is 4.90 Å². The molecule has 2 heterocycles. The maximum Gasteiger partial charge on any atom is 0.416 e. The van der Waals surface area contributed by atoms with Gasteiger partial charge in [0.2, 0.25) is 12.7 Å². The summed E-state index contributed by atoms with van der Waals surface area (Å²) < 4.78 is 48.6. The summed E-state index contributed by atoms with van der Waals surface area (Å²) in [6.45, 7) is 0.831. The lowest BCUT2D eigenvalue weighted by Gasteiger charge is -2.24. The molecule has 1 fully saturated rings. The van der Waals surface area contributed by atoms with Crippen molar-refractivity contribution in [3.63, 3.8) is 0 Å². The van der Waals surface area contributed by atoms with E-state index in [1.807, 2.05) is 18.2 Å². The van der Waals surface area contributed by atoms with Gasteiger partial charge in [-0.05, 0) is 54.3 Å². The van der Waals surface area contributed by atoms with E-state index >= 15 is 0 Å². The second-order valence-electron chi connectivity index (χ2n) is 6.76. The zero-order valence-corrected chi connectivity index (χ0v) is 14.9. The summed E-state index contributed by atoms with van der Waals surface area (Å²) in [6.07, 6.45) is 0.315. The summed E-state index contributed by atoms with van der Waals surface area (Å²) in [4.78, 5) is 14.4. The Morgan fingerprint density at radius 1 is 1.07 bits per heavy atom. The lowest BCUT2D eigenvalue weighted by atomic mass is 10.0. The largest absolute Gasteiger partial charge is 0.454 e. The number of amides is 1. The third kappa shape index (κ3) is 3.69. The van der Waals surface area contributed by atoms with Gasteiger partial charge >= 0.3 is 6.18 Å². The predicted molar refractivity (Wildman–Crippen MR) is 96.7 cm³/mol. The van der Waals surface area contributed by atoms with Crippen molar-refractivity contribution in [2.75, 3.05) is 13.3 Å². The first-order valence-corrected chi connectivity index (χ1v) is 8.97. The number of rotatable bonds is 3. The fraction of sp³-hybridized carbons (Fsp3) is 0.286. The highest BCUT2D eigenvalue weighted by Crippen LogP contribution is 2.39. The molecular weight excluding hydrogens is 371 g/mol. The molecule has 1 unspecified atom stereocenters. The van der Waals surface area contributed by atoms with E-state index < -0.39 is 11.7 Å². The van der Waals surface area contributed by atoms with Crippen LogP contribution in [0.4, 0.5) is 13.2 Å². The Morgan fingerprint density at radius 3 is 2.57 bits per heavy atom. The van der Waals surface area contributed by atoms with Gasteiger partial charge < -0.3 is 14.4 Å². The fourth-order valence-corrected chi connectivity index (χ4v) is 3.54. The third-order valence-corrected chi connectivity index (χ3v) is 4.97. The minimum Gasteiger partial charge on any atom is -0.454 e. The average Bonchev–Trinajstić information content (AvgIpc) is 3.34. The molecule has 146 valence electrons. The smallest absolute Gasteiger partial charge is 0.416 e. The summed E-state index contributed by atoms with van der Waals surface area (Å²) in [5, 5.41) is 0. The Hall–Kier alpha value is -2.96. The van der Waals surface area contributed by atoms with Gasteiger partial charge in [0.05, 0.1) is 11.6 Å². The van der Waals surface area contributed by atoms with Gasteiger partial charge in [0.15, 0.2) is 11.5 Å². The zero-order chi connectivity index (χ0) is 19.7. The molecule has 28 heavy (non-hydrogen) atoms. The van der Waals surface area contributed by atoms with Crippen LogP contribution in [-0.4, -0.2) is 24.1 Å². The number of nitrogens with zero attached hydrogens (tertiary/aromatic N) is 1. The number of likely N-dealkylation sites (tertiary alicyclic amines) is 1. The van der Waals surface area contributed by atoms with Crippen molar-refractivity contribution in [3.05, 3.63) is 65.2 Å². The van der Waals surface area contributed by atoms with Crippen molar-refractivity contribution >= 4 is 12.0 Å². The molecule has 0 spiro atoms. The molecule has 1 atom stereocenters. The molecule has 2 aromatic rings. The molecule has 2 aliphatic rings. The SMILES string of the molecule is O=C(/C=C/c1ccc(C(F)(F)F)cc1)N1CCCC1c1ccc2c(c1)OCO2. The quantitative estimate of drug-likeness (QED) is 0.707. The van der Waals surface area contributed by atoms with Crippen LogP contribution in [0, 0.1) is 0 Å². The second-order valence-corrected chi connectivity index (χ2v) is 6.76. The molecule has 4 rings (SSSR count). The topological polar surface area (TPSA) is 38.8 Å². The highest BCUT2D eigenvalue weighted by molar-refractivity contribution is 5.92. The molecule has 0 N–H and O–H groups in total. The number of hydrogen-bond acceptors (Lipinski definition) is 3. The lowest BCUT2D eigenvalue weighted by molar-refractivity contribution is -0.137. The van der Waals surface area contributed by atoms with Crippen LogP contribution in [0.5, 0.6) is 11.5 Å². The number of carbonyl (C=O) groups is 1. The molecule has 0 radical (unpaired) electrons. The summed E-state index contributed by atoms with van der Waals surface area (Å²) in [5.41, 5.74) is 0.816. The van der Waals surface area contributed by atoms with E-state index in [4.69, 9.17) is 9.47 Å². The van der Waals surface area contributed by atoms with Crippen molar-refractivity contribution in [1.29, 1.82) is 0 Å². The van der Waals surface area contributed by atoms with Crippen LogP contribution in [0.2, 0.25) is 0 Å².